The third kappa shape index (κ3) is 5.16. The average molecular weight is 572 g/mol. The number of amides is 1. The molecule has 9 heteroatoms. The number of anilines is 1. The van der Waals surface area contributed by atoms with Gasteiger partial charge < -0.3 is 18.9 Å². The van der Waals surface area contributed by atoms with Gasteiger partial charge >= 0.3 is 0 Å². The molecule has 0 unspecified atom stereocenters. The molecule has 1 fully saturated rings. The van der Waals surface area contributed by atoms with Gasteiger partial charge in [0.1, 0.15) is 5.75 Å². The Balaban J connectivity index is 1.30. The summed E-state index contributed by atoms with van der Waals surface area (Å²) in [5.74, 6) is 0.734. The van der Waals surface area contributed by atoms with E-state index in [1.165, 1.54) is 4.31 Å². The molecule has 8 nitrogen and oxygen atoms in total. The van der Waals surface area contributed by atoms with Crippen molar-refractivity contribution in [2.75, 3.05) is 44.9 Å². The monoisotopic (exact) mass is 571 g/mol. The van der Waals surface area contributed by atoms with Crippen molar-refractivity contribution in [2.45, 2.75) is 24.8 Å². The zero-order valence-corrected chi connectivity index (χ0v) is 24.1. The van der Waals surface area contributed by atoms with Gasteiger partial charge in [-0.1, -0.05) is 36.4 Å². The van der Waals surface area contributed by atoms with Crippen LogP contribution in [0.25, 0.3) is 22.6 Å². The predicted molar refractivity (Wildman–Crippen MR) is 161 cm³/mol. The topological polar surface area (TPSA) is 81.1 Å². The summed E-state index contributed by atoms with van der Waals surface area (Å²) < 4.78 is 41.7. The van der Waals surface area contributed by atoms with Crippen molar-refractivity contribution in [3.63, 3.8) is 0 Å². The lowest BCUT2D eigenvalue weighted by molar-refractivity contribution is -0.112. The molecule has 0 radical (unpaired) electrons. The van der Waals surface area contributed by atoms with Crippen LogP contribution >= 0.6 is 0 Å². The third-order valence-electron chi connectivity index (χ3n) is 7.78. The van der Waals surface area contributed by atoms with Gasteiger partial charge in [-0.25, -0.2) is 8.42 Å². The van der Waals surface area contributed by atoms with Crippen molar-refractivity contribution in [1.29, 1.82) is 0 Å². The van der Waals surface area contributed by atoms with E-state index in [1.807, 2.05) is 55.5 Å². The van der Waals surface area contributed by atoms with Crippen LogP contribution in [-0.2, 0) is 26.1 Å². The van der Waals surface area contributed by atoms with Crippen molar-refractivity contribution < 1.29 is 22.7 Å². The highest BCUT2D eigenvalue weighted by atomic mass is 32.2. The number of carbonyl (C=O) groups excluding carboxylic acids is 1. The predicted octanol–water partition coefficient (Wildman–Crippen LogP) is 4.96. The van der Waals surface area contributed by atoms with Crippen LogP contribution in [0.1, 0.15) is 23.1 Å². The Labute approximate surface area is 240 Å². The maximum Gasteiger partial charge on any atom is 0.258 e. The maximum atomic E-state index is 13.4. The Morgan fingerprint density at radius 3 is 2.56 bits per heavy atom. The number of fused-ring (bicyclic) bond motifs is 2. The lowest BCUT2D eigenvalue weighted by atomic mass is 10.0. The summed E-state index contributed by atoms with van der Waals surface area (Å²) in [6, 6.07) is 21.0. The van der Waals surface area contributed by atoms with Crippen molar-refractivity contribution >= 4 is 44.2 Å². The normalized spacial score (nSPS) is 17.0. The van der Waals surface area contributed by atoms with E-state index >= 15 is 0 Å². The number of para-hydroxylation sites is 2. The van der Waals surface area contributed by atoms with Crippen LogP contribution in [0.15, 0.2) is 77.8 Å². The van der Waals surface area contributed by atoms with E-state index in [0.717, 1.165) is 40.7 Å². The molecule has 2 aliphatic rings. The SMILES string of the molecule is Cc1ccccc1OCCCn1cc(/C=C2\C(=O)N(C)c3ccc(S(=O)(=O)N4CCOCC4)cc32)c2ccccc21. The number of aromatic nitrogens is 1. The van der Waals surface area contributed by atoms with Crippen molar-refractivity contribution in [3.8, 4) is 5.75 Å². The summed E-state index contributed by atoms with van der Waals surface area (Å²) in [5, 5.41) is 1.03. The first-order valence-corrected chi connectivity index (χ1v) is 15.3. The fraction of sp³-hybridized carbons (Fsp3) is 0.281. The number of morpholine rings is 1. The van der Waals surface area contributed by atoms with Gasteiger partial charge in [0.25, 0.3) is 5.91 Å². The maximum absolute atomic E-state index is 13.4. The summed E-state index contributed by atoms with van der Waals surface area (Å²) in [6.07, 6.45) is 4.76. The second kappa shape index (κ2) is 11.2. The van der Waals surface area contributed by atoms with Gasteiger partial charge in [0.15, 0.2) is 0 Å². The molecule has 212 valence electrons. The smallest absolute Gasteiger partial charge is 0.258 e. The van der Waals surface area contributed by atoms with Crippen molar-refractivity contribution in [2.24, 2.45) is 0 Å². The number of rotatable bonds is 8. The van der Waals surface area contributed by atoms with Gasteiger partial charge in [-0.05, 0) is 55.3 Å². The van der Waals surface area contributed by atoms with E-state index in [1.54, 1.807) is 30.1 Å². The van der Waals surface area contributed by atoms with E-state index in [9.17, 15) is 13.2 Å². The number of sulfonamides is 1. The molecule has 6 rings (SSSR count). The first-order valence-electron chi connectivity index (χ1n) is 13.8. The number of hydrogen-bond acceptors (Lipinski definition) is 5. The first kappa shape index (κ1) is 27.3. The molecule has 0 atom stereocenters. The molecule has 0 aliphatic carbocycles. The highest BCUT2D eigenvalue weighted by molar-refractivity contribution is 7.89. The van der Waals surface area contributed by atoms with Crippen LogP contribution in [0, 0.1) is 6.92 Å². The van der Waals surface area contributed by atoms with E-state index in [4.69, 9.17) is 9.47 Å². The average Bonchev–Trinajstić information content (AvgIpc) is 3.46. The minimum Gasteiger partial charge on any atom is -0.493 e. The number of likely N-dealkylation sites (N-methyl/N-ethyl adjacent to an activating group) is 1. The van der Waals surface area contributed by atoms with Crippen LogP contribution in [-0.4, -0.2) is 63.2 Å². The molecule has 0 spiro atoms. The number of aryl methyl sites for hydroxylation is 2. The number of ether oxygens (including phenoxy) is 2. The Morgan fingerprint density at radius 1 is 1.00 bits per heavy atom. The number of hydrogen-bond donors (Lipinski definition) is 0. The van der Waals surface area contributed by atoms with Crippen LogP contribution < -0.4 is 9.64 Å². The first-order chi connectivity index (χ1) is 19.8. The summed E-state index contributed by atoms with van der Waals surface area (Å²) >= 11 is 0. The third-order valence-corrected chi connectivity index (χ3v) is 9.67. The lowest BCUT2D eigenvalue weighted by Crippen LogP contribution is -2.40. The molecule has 0 bridgehead atoms. The number of nitrogens with zero attached hydrogens (tertiary/aromatic N) is 3. The molecule has 41 heavy (non-hydrogen) atoms. The standard InChI is InChI=1S/C32H33N3O5S/c1-23-8-3-6-11-31(23)40-17-7-14-34-22-24(26-9-4-5-10-30(26)34)20-28-27-21-25(12-13-29(27)33(2)32(28)36)41(37,38)35-15-18-39-19-16-35/h3-6,8-13,20-22H,7,14-19H2,1-2H3/b28-20-. The zero-order chi connectivity index (χ0) is 28.6. The van der Waals surface area contributed by atoms with Crippen LogP contribution in [0.3, 0.4) is 0 Å². The van der Waals surface area contributed by atoms with Gasteiger partial charge in [0, 0.05) is 60.5 Å². The molecule has 1 saturated heterocycles. The molecular formula is C32H33N3O5S. The molecule has 3 heterocycles. The van der Waals surface area contributed by atoms with Crippen molar-refractivity contribution in [1.82, 2.24) is 8.87 Å². The van der Waals surface area contributed by atoms with Crippen molar-refractivity contribution in [3.05, 3.63) is 89.6 Å². The van der Waals surface area contributed by atoms with E-state index in [-0.39, 0.29) is 10.8 Å². The fourth-order valence-electron chi connectivity index (χ4n) is 5.53. The fourth-order valence-corrected chi connectivity index (χ4v) is 6.97. The van der Waals surface area contributed by atoms with E-state index in [0.29, 0.717) is 49.7 Å². The van der Waals surface area contributed by atoms with Crippen LogP contribution in [0.4, 0.5) is 5.69 Å². The Hall–Kier alpha value is -3.92. The summed E-state index contributed by atoms with van der Waals surface area (Å²) in [6.45, 7) is 4.76. The summed E-state index contributed by atoms with van der Waals surface area (Å²) in [7, 11) is -1.98. The van der Waals surface area contributed by atoms with Gasteiger partial charge in [-0.2, -0.15) is 4.31 Å². The number of benzene rings is 3. The lowest BCUT2D eigenvalue weighted by Gasteiger charge is -2.26. The Bertz CT molecular complexity index is 1750. The van der Waals surface area contributed by atoms with Gasteiger partial charge in [0.05, 0.1) is 30.4 Å². The molecule has 4 aromatic rings. The minimum atomic E-state index is -3.70. The quantitative estimate of drug-likeness (QED) is 0.221. The number of carbonyl (C=O) groups is 1. The second-order valence-electron chi connectivity index (χ2n) is 10.4. The highest BCUT2D eigenvalue weighted by Crippen LogP contribution is 2.39. The molecule has 0 saturated carbocycles. The molecule has 1 aromatic heterocycles. The van der Waals surface area contributed by atoms with Gasteiger partial charge in [0.2, 0.25) is 10.0 Å². The molecular weight excluding hydrogens is 538 g/mol. The van der Waals surface area contributed by atoms with Gasteiger partial charge in [-0.15, -0.1) is 0 Å². The second-order valence-corrected chi connectivity index (χ2v) is 12.3. The van der Waals surface area contributed by atoms with E-state index in [2.05, 4.69) is 16.8 Å². The molecule has 1 amide bonds. The van der Waals surface area contributed by atoms with Gasteiger partial charge in [-0.3, -0.25) is 4.79 Å². The Kier molecular flexibility index (Phi) is 7.42. The molecule has 3 aromatic carbocycles. The Morgan fingerprint density at radius 2 is 1.76 bits per heavy atom. The van der Waals surface area contributed by atoms with Crippen LogP contribution in [0.5, 0.6) is 5.75 Å². The molecule has 2 aliphatic heterocycles. The largest absolute Gasteiger partial charge is 0.493 e. The van der Waals surface area contributed by atoms with Crippen LogP contribution in [0.2, 0.25) is 0 Å². The summed E-state index contributed by atoms with van der Waals surface area (Å²) in [5.41, 5.74) is 4.88. The zero-order valence-electron chi connectivity index (χ0n) is 23.2. The minimum absolute atomic E-state index is 0.163. The molecule has 0 N–H and O–H groups in total. The summed E-state index contributed by atoms with van der Waals surface area (Å²) in [4.78, 5) is 15.2. The highest BCUT2D eigenvalue weighted by Gasteiger charge is 2.33. The van der Waals surface area contributed by atoms with E-state index < -0.39 is 10.0 Å².